The number of halogens is 2. The Bertz CT molecular complexity index is 891. The van der Waals surface area contributed by atoms with Crippen LogP contribution in [0.1, 0.15) is 29.0 Å². The van der Waals surface area contributed by atoms with Gasteiger partial charge >= 0.3 is 6.61 Å². The third-order valence-electron chi connectivity index (χ3n) is 4.71. The molecule has 2 heterocycles. The molecule has 2 amide bonds. The Labute approximate surface area is 172 Å². The number of hydrogen-bond acceptors (Lipinski definition) is 5. The second-order valence-electron chi connectivity index (χ2n) is 6.64. The molecule has 1 aromatic carbocycles. The number of nitrogens with one attached hydrogen (secondary N) is 1. The maximum atomic E-state index is 12.7. The summed E-state index contributed by atoms with van der Waals surface area (Å²) in [6.07, 6.45) is 5.31. The largest absolute Gasteiger partial charge is 0.493 e. The molecule has 2 aromatic rings. The normalized spacial score (nSPS) is 14.9. The predicted octanol–water partition coefficient (Wildman–Crippen LogP) is 3.32. The fraction of sp³-hybridized carbons (Fsp3) is 0.333. The number of benzene rings is 1. The number of methoxy groups -OCH3 is 1. The summed E-state index contributed by atoms with van der Waals surface area (Å²) in [4.78, 5) is 26.2. The van der Waals surface area contributed by atoms with Crippen LogP contribution in [-0.4, -0.2) is 49.6 Å². The van der Waals surface area contributed by atoms with Crippen molar-refractivity contribution in [2.75, 3.05) is 20.2 Å². The van der Waals surface area contributed by atoms with Gasteiger partial charge in [0.15, 0.2) is 17.3 Å². The summed E-state index contributed by atoms with van der Waals surface area (Å²) >= 11 is 0. The van der Waals surface area contributed by atoms with Crippen LogP contribution in [0.15, 0.2) is 47.1 Å². The van der Waals surface area contributed by atoms with E-state index < -0.39 is 6.61 Å². The minimum Gasteiger partial charge on any atom is -0.493 e. The van der Waals surface area contributed by atoms with Crippen LogP contribution in [0.2, 0.25) is 0 Å². The van der Waals surface area contributed by atoms with Crippen LogP contribution < -0.4 is 14.8 Å². The van der Waals surface area contributed by atoms with Crippen molar-refractivity contribution in [1.29, 1.82) is 0 Å². The first-order chi connectivity index (χ1) is 14.5. The van der Waals surface area contributed by atoms with Gasteiger partial charge in [-0.1, -0.05) is 12.1 Å². The van der Waals surface area contributed by atoms with Crippen LogP contribution in [0, 0.1) is 0 Å². The van der Waals surface area contributed by atoms with E-state index in [9.17, 15) is 18.4 Å². The van der Waals surface area contributed by atoms with E-state index in [1.54, 1.807) is 29.2 Å². The summed E-state index contributed by atoms with van der Waals surface area (Å²) in [7, 11) is 1.34. The highest BCUT2D eigenvalue weighted by atomic mass is 19.3. The van der Waals surface area contributed by atoms with Crippen molar-refractivity contribution >= 4 is 17.9 Å². The number of carbonyl (C=O) groups excluding carboxylic acids is 2. The number of nitrogens with zero attached hydrogens (tertiary/aromatic N) is 1. The van der Waals surface area contributed by atoms with Gasteiger partial charge in [-0.25, -0.2) is 0 Å². The summed E-state index contributed by atoms with van der Waals surface area (Å²) in [5.74, 6) is -0.235. The van der Waals surface area contributed by atoms with Gasteiger partial charge in [-0.05, 0) is 37.1 Å². The van der Waals surface area contributed by atoms with E-state index >= 15 is 0 Å². The van der Waals surface area contributed by atoms with E-state index in [0.29, 0.717) is 37.3 Å². The lowest BCUT2D eigenvalue weighted by molar-refractivity contribution is -0.117. The highest BCUT2D eigenvalue weighted by Gasteiger charge is 2.25. The fourth-order valence-corrected chi connectivity index (χ4v) is 3.24. The summed E-state index contributed by atoms with van der Waals surface area (Å²) < 4.78 is 40.1. The molecule has 0 saturated carbocycles. The Morgan fingerprint density at radius 2 is 2.00 bits per heavy atom. The van der Waals surface area contributed by atoms with Crippen LogP contribution >= 0.6 is 0 Å². The highest BCUT2D eigenvalue weighted by Crippen LogP contribution is 2.33. The van der Waals surface area contributed by atoms with Crippen molar-refractivity contribution in [1.82, 2.24) is 10.2 Å². The molecule has 30 heavy (non-hydrogen) atoms. The van der Waals surface area contributed by atoms with Crippen molar-refractivity contribution in [2.24, 2.45) is 0 Å². The predicted molar refractivity (Wildman–Crippen MR) is 104 cm³/mol. The highest BCUT2D eigenvalue weighted by molar-refractivity contribution is 5.93. The molecule has 0 aliphatic carbocycles. The van der Waals surface area contributed by atoms with Crippen molar-refractivity contribution < 1.29 is 32.3 Å². The van der Waals surface area contributed by atoms with E-state index in [1.165, 1.54) is 31.6 Å². The Morgan fingerprint density at radius 3 is 2.63 bits per heavy atom. The van der Waals surface area contributed by atoms with Gasteiger partial charge in [-0.3, -0.25) is 9.59 Å². The molecule has 0 unspecified atom stereocenters. The molecule has 0 bridgehead atoms. The maximum absolute atomic E-state index is 12.7. The fourth-order valence-electron chi connectivity index (χ4n) is 3.24. The van der Waals surface area contributed by atoms with E-state index in [-0.39, 0.29) is 29.4 Å². The second-order valence-corrected chi connectivity index (χ2v) is 6.64. The number of amides is 2. The lowest BCUT2D eigenvalue weighted by atomic mass is 10.0. The van der Waals surface area contributed by atoms with Crippen molar-refractivity contribution in [3.05, 3.63) is 54.0 Å². The number of carbonyl (C=O) groups is 2. The molecule has 160 valence electrons. The van der Waals surface area contributed by atoms with Crippen molar-refractivity contribution in [3.8, 4) is 11.5 Å². The number of hydrogen-bond donors (Lipinski definition) is 1. The Balaban J connectivity index is 1.55. The minimum atomic E-state index is -3.02. The molecular formula is C21H22F2N2O5. The Kier molecular flexibility index (Phi) is 7.05. The van der Waals surface area contributed by atoms with E-state index in [2.05, 4.69) is 10.1 Å². The molecule has 9 heteroatoms. The van der Waals surface area contributed by atoms with E-state index in [1.807, 2.05) is 0 Å². The molecule has 0 radical (unpaired) electrons. The molecule has 1 N–H and O–H groups in total. The van der Waals surface area contributed by atoms with Crippen LogP contribution in [0.25, 0.3) is 6.08 Å². The van der Waals surface area contributed by atoms with Gasteiger partial charge in [-0.2, -0.15) is 8.78 Å². The van der Waals surface area contributed by atoms with Crippen LogP contribution in [0.5, 0.6) is 11.5 Å². The summed E-state index contributed by atoms with van der Waals surface area (Å²) in [6, 6.07) is 7.83. The Morgan fingerprint density at radius 1 is 1.23 bits per heavy atom. The van der Waals surface area contributed by atoms with Gasteiger partial charge in [0.25, 0.3) is 5.91 Å². The van der Waals surface area contributed by atoms with Crippen molar-refractivity contribution in [2.45, 2.75) is 25.5 Å². The average Bonchev–Trinajstić information content (AvgIpc) is 3.27. The maximum Gasteiger partial charge on any atom is 0.387 e. The first kappa shape index (κ1) is 21.4. The smallest absolute Gasteiger partial charge is 0.387 e. The number of alkyl halides is 2. The van der Waals surface area contributed by atoms with Gasteiger partial charge < -0.3 is 24.1 Å². The third-order valence-corrected chi connectivity index (χ3v) is 4.71. The molecule has 1 aliphatic rings. The minimum absolute atomic E-state index is 0.0927. The number of ether oxygens (including phenoxy) is 2. The van der Waals surface area contributed by atoms with Gasteiger partial charge in [-0.15, -0.1) is 0 Å². The lowest BCUT2D eigenvalue weighted by Gasteiger charge is -2.31. The molecule has 1 aromatic heterocycles. The van der Waals surface area contributed by atoms with Gasteiger partial charge in [0.05, 0.1) is 13.4 Å². The number of likely N-dealkylation sites (tertiary alicyclic amines) is 1. The van der Waals surface area contributed by atoms with Crippen LogP contribution in [-0.2, 0) is 4.79 Å². The molecule has 1 aliphatic heterocycles. The number of rotatable bonds is 7. The number of piperidine rings is 1. The number of furan rings is 1. The third kappa shape index (κ3) is 5.37. The molecular weight excluding hydrogens is 398 g/mol. The van der Waals surface area contributed by atoms with Crippen molar-refractivity contribution in [3.63, 3.8) is 0 Å². The first-order valence-corrected chi connectivity index (χ1v) is 9.41. The molecule has 0 spiro atoms. The molecule has 1 fully saturated rings. The van der Waals surface area contributed by atoms with Gasteiger partial charge in [0.1, 0.15) is 0 Å². The van der Waals surface area contributed by atoms with Crippen LogP contribution in [0.3, 0.4) is 0 Å². The molecule has 0 atom stereocenters. The quantitative estimate of drug-likeness (QED) is 0.695. The second kappa shape index (κ2) is 9.91. The molecule has 3 rings (SSSR count). The van der Waals surface area contributed by atoms with E-state index in [4.69, 9.17) is 9.15 Å². The molecule has 7 nitrogen and oxygen atoms in total. The molecule has 1 saturated heterocycles. The standard InChI is InChI=1S/C21H22F2N2O5/c1-28-16-5-2-4-14(19(16)30-21(22)23)7-8-18(26)24-15-9-11-25(12-10-15)20(27)17-6-3-13-29-17/h2-8,13,15,21H,9-12H2,1H3,(H,24,26)/b8-7+. The monoisotopic (exact) mass is 420 g/mol. The van der Waals surface area contributed by atoms with Gasteiger partial charge in [0.2, 0.25) is 5.91 Å². The SMILES string of the molecule is COc1cccc(/C=C/C(=O)NC2CCN(C(=O)c3ccco3)CC2)c1OC(F)F. The zero-order chi connectivity index (χ0) is 21.5. The lowest BCUT2D eigenvalue weighted by Crippen LogP contribution is -2.46. The topological polar surface area (TPSA) is 81.0 Å². The zero-order valence-corrected chi connectivity index (χ0v) is 16.3. The van der Waals surface area contributed by atoms with Crippen LogP contribution in [0.4, 0.5) is 8.78 Å². The number of para-hydroxylation sites is 1. The average molecular weight is 420 g/mol. The zero-order valence-electron chi connectivity index (χ0n) is 16.3. The first-order valence-electron chi connectivity index (χ1n) is 9.41. The van der Waals surface area contributed by atoms with Gasteiger partial charge in [0, 0.05) is 30.8 Å². The summed E-state index contributed by atoms with van der Waals surface area (Å²) in [5.41, 5.74) is 0.295. The Hall–Kier alpha value is -3.36. The van der Waals surface area contributed by atoms with E-state index in [0.717, 1.165) is 0 Å². The summed E-state index contributed by atoms with van der Waals surface area (Å²) in [6.45, 7) is -2.02. The summed E-state index contributed by atoms with van der Waals surface area (Å²) in [5, 5.41) is 2.86.